The molecule has 3 rings (SSSR count). The largest absolute Gasteiger partial charge is 0.494 e. The molecule has 3 aromatic carbocycles. The Morgan fingerprint density at radius 2 is 1.52 bits per heavy atom. The summed E-state index contributed by atoms with van der Waals surface area (Å²) in [6.07, 6.45) is 0. The molecular weight excluding hydrogens is 526 g/mol. The number of aryl methyl sites for hydroxylation is 1. The second-order valence-corrected chi connectivity index (χ2v) is 12.5. The van der Waals surface area contributed by atoms with E-state index >= 15 is 0 Å². The number of carbonyl (C=O) groups excluding carboxylic acids is 2. The van der Waals surface area contributed by atoms with Crippen molar-refractivity contribution in [1.82, 2.24) is 10.2 Å². The van der Waals surface area contributed by atoms with Crippen LogP contribution in [0.4, 0.5) is 5.69 Å². The highest BCUT2D eigenvalue weighted by Gasteiger charge is 2.33. The van der Waals surface area contributed by atoms with Crippen LogP contribution in [0.3, 0.4) is 0 Å². The van der Waals surface area contributed by atoms with Gasteiger partial charge in [0.15, 0.2) is 0 Å². The summed E-state index contributed by atoms with van der Waals surface area (Å²) in [5.41, 5.74) is 1.70. The van der Waals surface area contributed by atoms with Gasteiger partial charge in [-0.2, -0.15) is 0 Å². The Kier molecular flexibility index (Phi) is 9.98. The van der Waals surface area contributed by atoms with Crippen LogP contribution in [0.5, 0.6) is 5.75 Å². The van der Waals surface area contributed by atoms with Crippen LogP contribution >= 0.6 is 0 Å². The third-order valence-electron chi connectivity index (χ3n) is 6.18. The molecule has 0 radical (unpaired) electrons. The lowest BCUT2D eigenvalue weighted by molar-refractivity contribution is -0.140. The van der Waals surface area contributed by atoms with E-state index in [-0.39, 0.29) is 17.3 Å². The minimum absolute atomic E-state index is 0.0558. The van der Waals surface area contributed by atoms with Gasteiger partial charge < -0.3 is 15.0 Å². The molecule has 0 aliphatic heterocycles. The number of anilines is 1. The highest BCUT2D eigenvalue weighted by molar-refractivity contribution is 7.92. The van der Waals surface area contributed by atoms with Gasteiger partial charge in [-0.15, -0.1) is 0 Å². The van der Waals surface area contributed by atoms with Crippen molar-refractivity contribution in [2.24, 2.45) is 0 Å². The maximum absolute atomic E-state index is 14.0. The molecule has 0 saturated carbocycles. The number of carbonyl (C=O) groups is 2. The van der Waals surface area contributed by atoms with Crippen molar-refractivity contribution in [1.29, 1.82) is 0 Å². The predicted octanol–water partition coefficient (Wildman–Crippen LogP) is 4.92. The number of hydrogen-bond donors (Lipinski definition) is 1. The summed E-state index contributed by atoms with van der Waals surface area (Å²) < 4.78 is 34.3. The van der Waals surface area contributed by atoms with Gasteiger partial charge in [0.2, 0.25) is 11.8 Å². The molecular formula is C31H39N3O5S. The Morgan fingerprint density at radius 1 is 0.925 bits per heavy atom. The SMILES string of the molecule is CCOc1ccc(N(CC(=O)N(Cc2ccc(C)cc2)[C@@H](C)C(=O)NC(C)(C)C)S(=O)(=O)c2ccccc2)cc1. The molecule has 3 aromatic rings. The summed E-state index contributed by atoms with van der Waals surface area (Å²) in [7, 11) is -4.12. The van der Waals surface area contributed by atoms with E-state index in [0.29, 0.717) is 18.0 Å². The van der Waals surface area contributed by atoms with Crippen LogP contribution in [0.2, 0.25) is 0 Å². The number of benzene rings is 3. The van der Waals surface area contributed by atoms with Crippen molar-refractivity contribution in [3.8, 4) is 5.75 Å². The van der Waals surface area contributed by atoms with E-state index in [2.05, 4.69) is 5.32 Å². The molecule has 0 fully saturated rings. The minimum atomic E-state index is -4.12. The van der Waals surface area contributed by atoms with Gasteiger partial charge in [-0.3, -0.25) is 13.9 Å². The molecule has 0 aliphatic carbocycles. The van der Waals surface area contributed by atoms with E-state index < -0.39 is 34.1 Å². The van der Waals surface area contributed by atoms with Crippen molar-refractivity contribution in [2.75, 3.05) is 17.5 Å². The van der Waals surface area contributed by atoms with Gasteiger partial charge in [-0.05, 0) is 83.5 Å². The monoisotopic (exact) mass is 565 g/mol. The lowest BCUT2D eigenvalue weighted by atomic mass is 10.1. The highest BCUT2D eigenvalue weighted by atomic mass is 32.2. The number of amides is 2. The highest BCUT2D eigenvalue weighted by Crippen LogP contribution is 2.26. The molecule has 2 amide bonds. The van der Waals surface area contributed by atoms with Crippen LogP contribution in [0.1, 0.15) is 45.7 Å². The molecule has 1 atom stereocenters. The first-order valence-corrected chi connectivity index (χ1v) is 14.7. The number of nitrogens with zero attached hydrogens (tertiary/aromatic N) is 2. The quantitative estimate of drug-likeness (QED) is 0.356. The number of hydrogen-bond acceptors (Lipinski definition) is 5. The second-order valence-electron chi connectivity index (χ2n) is 10.7. The molecule has 0 spiro atoms. The van der Waals surface area contributed by atoms with Gasteiger partial charge in [0, 0.05) is 12.1 Å². The number of rotatable bonds is 11. The molecule has 9 heteroatoms. The number of nitrogens with one attached hydrogen (secondary N) is 1. The maximum Gasteiger partial charge on any atom is 0.264 e. The first-order chi connectivity index (χ1) is 18.8. The maximum atomic E-state index is 14.0. The van der Waals surface area contributed by atoms with Crippen LogP contribution in [0.25, 0.3) is 0 Å². The van der Waals surface area contributed by atoms with Gasteiger partial charge >= 0.3 is 0 Å². The van der Waals surface area contributed by atoms with Crippen LogP contribution in [0.15, 0.2) is 83.8 Å². The van der Waals surface area contributed by atoms with E-state index in [0.717, 1.165) is 15.4 Å². The minimum Gasteiger partial charge on any atom is -0.494 e. The van der Waals surface area contributed by atoms with Crippen molar-refractivity contribution in [3.05, 3.63) is 90.0 Å². The number of sulfonamides is 1. The van der Waals surface area contributed by atoms with Crippen molar-refractivity contribution < 1.29 is 22.7 Å². The molecule has 1 N–H and O–H groups in total. The van der Waals surface area contributed by atoms with Crippen molar-refractivity contribution in [2.45, 2.75) is 64.6 Å². The molecule has 40 heavy (non-hydrogen) atoms. The fraction of sp³-hybridized carbons (Fsp3) is 0.355. The van der Waals surface area contributed by atoms with E-state index in [1.807, 2.05) is 58.9 Å². The normalized spacial score (nSPS) is 12.3. The Labute approximate surface area is 238 Å². The zero-order valence-corrected chi connectivity index (χ0v) is 24.9. The topological polar surface area (TPSA) is 96.0 Å². The van der Waals surface area contributed by atoms with Gasteiger partial charge in [0.25, 0.3) is 10.0 Å². The van der Waals surface area contributed by atoms with Crippen molar-refractivity contribution >= 4 is 27.5 Å². The van der Waals surface area contributed by atoms with Gasteiger partial charge in [0.1, 0.15) is 18.3 Å². The standard InChI is InChI=1S/C31H39N3O5S/c1-7-39-27-19-17-26(18-20-27)34(40(37,38)28-11-9-8-10-12-28)22-29(35)33(21-25-15-13-23(2)14-16-25)24(3)30(36)32-31(4,5)6/h8-20,24H,7,21-22H2,1-6H3,(H,32,36)/t24-/m0/s1. The van der Waals surface area contributed by atoms with E-state index in [1.54, 1.807) is 49.4 Å². The zero-order chi connectivity index (χ0) is 29.5. The Hall–Kier alpha value is -3.85. The number of ether oxygens (including phenoxy) is 1. The Bertz CT molecular complexity index is 1380. The molecule has 8 nitrogen and oxygen atoms in total. The summed E-state index contributed by atoms with van der Waals surface area (Å²) in [5, 5.41) is 2.93. The summed E-state index contributed by atoms with van der Waals surface area (Å²) in [5.74, 6) is -0.250. The van der Waals surface area contributed by atoms with E-state index in [9.17, 15) is 18.0 Å². The third-order valence-corrected chi connectivity index (χ3v) is 7.97. The second kappa shape index (κ2) is 13.0. The Morgan fingerprint density at radius 3 is 2.08 bits per heavy atom. The van der Waals surface area contributed by atoms with Crippen LogP contribution in [0, 0.1) is 6.92 Å². The first kappa shape index (κ1) is 30.7. The van der Waals surface area contributed by atoms with Crippen LogP contribution in [-0.2, 0) is 26.2 Å². The molecule has 0 heterocycles. The average Bonchev–Trinajstić information content (AvgIpc) is 2.91. The zero-order valence-electron chi connectivity index (χ0n) is 24.0. The smallest absolute Gasteiger partial charge is 0.264 e. The van der Waals surface area contributed by atoms with Crippen molar-refractivity contribution in [3.63, 3.8) is 0 Å². The first-order valence-electron chi connectivity index (χ1n) is 13.3. The van der Waals surface area contributed by atoms with Gasteiger partial charge in [0.05, 0.1) is 17.2 Å². The predicted molar refractivity (Wildman–Crippen MR) is 158 cm³/mol. The summed E-state index contributed by atoms with van der Waals surface area (Å²) in [4.78, 5) is 28.6. The van der Waals surface area contributed by atoms with Gasteiger partial charge in [-0.1, -0.05) is 48.0 Å². The lowest BCUT2D eigenvalue weighted by Crippen LogP contribution is -2.54. The molecule has 0 aliphatic rings. The molecule has 0 aromatic heterocycles. The summed E-state index contributed by atoms with van der Waals surface area (Å²) in [6, 6.07) is 21.3. The molecule has 214 valence electrons. The van der Waals surface area contributed by atoms with Crippen LogP contribution < -0.4 is 14.4 Å². The summed E-state index contributed by atoms with van der Waals surface area (Å²) >= 11 is 0. The lowest BCUT2D eigenvalue weighted by Gasteiger charge is -2.33. The van der Waals surface area contributed by atoms with Gasteiger partial charge in [-0.25, -0.2) is 8.42 Å². The van der Waals surface area contributed by atoms with E-state index in [4.69, 9.17) is 4.74 Å². The third kappa shape index (κ3) is 8.08. The fourth-order valence-electron chi connectivity index (χ4n) is 4.07. The summed E-state index contributed by atoms with van der Waals surface area (Å²) in [6.45, 7) is 11.2. The fourth-order valence-corrected chi connectivity index (χ4v) is 5.51. The average molecular weight is 566 g/mol. The molecule has 0 bridgehead atoms. The molecule has 0 saturated heterocycles. The molecule has 0 unspecified atom stereocenters. The van der Waals surface area contributed by atoms with E-state index in [1.165, 1.54) is 17.0 Å². The Balaban J connectivity index is 2.02. The van der Waals surface area contributed by atoms with Crippen LogP contribution in [-0.4, -0.2) is 49.9 Å².